The predicted molar refractivity (Wildman–Crippen MR) is 113 cm³/mol. The van der Waals surface area contributed by atoms with Gasteiger partial charge in [0.25, 0.3) is 0 Å². The van der Waals surface area contributed by atoms with Gasteiger partial charge in [-0.25, -0.2) is 9.97 Å². The number of nitrogens with one attached hydrogen (secondary N) is 1. The first kappa shape index (κ1) is 18.9. The Morgan fingerprint density at radius 1 is 1.24 bits per heavy atom. The van der Waals surface area contributed by atoms with Gasteiger partial charge in [0.1, 0.15) is 11.9 Å². The number of nitrogens with zero attached hydrogens (tertiary/aromatic N) is 5. The lowest BCUT2D eigenvalue weighted by molar-refractivity contribution is -0.120. The molecule has 1 fully saturated rings. The normalized spacial score (nSPS) is 14.7. The average molecular weight is 388 g/mol. The molecule has 0 atom stereocenters. The van der Waals surface area contributed by atoms with Gasteiger partial charge in [-0.15, -0.1) is 0 Å². The number of amides is 1. The van der Waals surface area contributed by atoms with E-state index in [2.05, 4.69) is 37.7 Å². The number of rotatable bonds is 5. The number of hydrogen-bond donors (Lipinski definition) is 1. The molecule has 148 valence electrons. The minimum absolute atomic E-state index is 0.0325. The minimum Gasteiger partial charge on any atom is -0.357 e. The molecule has 1 amide bonds. The molecule has 1 aromatic carbocycles. The van der Waals surface area contributed by atoms with E-state index in [1.165, 1.54) is 0 Å². The zero-order valence-corrected chi connectivity index (χ0v) is 16.5. The highest BCUT2D eigenvalue weighted by molar-refractivity contribution is 5.93. The fourth-order valence-corrected chi connectivity index (χ4v) is 3.84. The van der Waals surface area contributed by atoms with Gasteiger partial charge in [-0.2, -0.15) is 5.26 Å². The van der Waals surface area contributed by atoms with E-state index in [-0.39, 0.29) is 11.8 Å². The maximum absolute atomic E-state index is 12.9. The van der Waals surface area contributed by atoms with Gasteiger partial charge in [-0.3, -0.25) is 10.1 Å². The third kappa shape index (κ3) is 3.92. The fraction of sp³-hybridized carbons (Fsp3) is 0.364. The summed E-state index contributed by atoms with van der Waals surface area (Å²) in [4.78, 5) is 24.0. The van der Waals surface area contributed by atoms with Crippen LogP contribution in [0.1, 0.15) is 31.7 Å². The van der Waals surface area contributed by atoms with Crippen molar-refractivity contribution < 1.29 is 4.79 Å². The van der Waals surface area contributed by atoms with E-state index in [0.717, 1.165) is 55.7 Å². The number of imidazole rings is 1. The maximum Gasteiger partial charge on any atom is 0.229 e. The van der Waals surface area contributed by atoms with Crippen LogP contribution in [0.3, 0.4) is 0 Å². The second-order valence-electron chi connectivity index (χ2n) is 7.34. The van der Waals surface area contributed by atoms with Crippen LogP contribution in [0.5, 0.6) is 0 Å². The van der Waals surface area contributed by atoms with Crippen LogP contribution in [0.25, 0.3) is 11.0 Å². The van der Waals surface area contributed by atoms with Gasteiger partial charge in [0.2, 0.25) is 11.9 Å². The number of aryl methyl sites for hydroxylation is 1. The van der Waals surface area contributed by atoms with E-state index in [4.69, 9.17) is 5.26 Å². The lowest BCUT2D eigenvalue weighted by Gasteiger charge is -2.32. The van der Waals surface area contributed by atoms with Gasteiger partial charge in [0, 0.05) is 31.7 Å². The van der Waals surface area contributed by atoms with Crippen molar-refractivity contribution >= 4 is 28.7 Å². The largest absolute Gasteiger partial charge is 0.357 e. The summed E-state index contributed by atoms with van der Waals surface area (Å²) in [7, 11) is 0. The van der Waals surface area contributed by atoms with E-state index in [9.17, 15) is 4.79 Å². The van der Waals surface area contributed by atoms with Gasteiger partial charge < -0.3 is 9.47 Å². The number of pyridine rings is 1. The van der Waals surface area contributed by atoms with Crippen molar-refractivity contribution in [1.29, 1.82) is 5.26 Å². The number of carbonyl (C=O) groups excluding carboxylic acids is 1. The van der Waals surface area contributed by atoms with Crippen molar-refractivity contribution in [3.63, 3.8) is 0 Å². The fourth-order valence-electron chi connectivity index (χ4n) is 3.84. The minimum atomic E-state index is -0.0421. The Morgan fingerprint density at radius 3 is 2.72 bits per heavy atom. The van der Waals surface area contributed by atoms with Crippen molar-refractivity contribution in [2.24, 2.45) is 5.92 Å². The summed E-state index contributed by atoms with van der Waals surface area (Å²) in [5.74, 6) is 1.48. The van der Waals surface area contributed by atoms with Crippen LogP contribution >= 0.6 is 0 Å². The third-order valence-electron chi connectivity index (χ3n) is 5.40. The molecular weight excluding hydrogens is 364 g/mol. The Labute approximate surface area is 170 Å². The molecule has 2 aromatic heterocycles. The average Bonchev–Trinajstić information content (AvgIpc) is 3.11. The van der Waals surface area contributed by atoms with Crippen molar-refractivity contribution in [2.75, 3.05) is 23.3 Å². The molecule has 3 aromatic rings. The van der Waals surface area contributed by atoms with Crippen LogP contribution in [0.15, 0.2) is 42.6 Å². The van der Waals surface area contributed by atoms with Gasteiger partial charge in [-0.1, -0.05) is 19.1 Å². The van der Waals surface area contributed by atoms with E-state index in [1.807, 2.05) is 30.3 Å². The summed E-state index contributed by atoms with van der Waals surface area (Å²) in [5, 5.41) is 12.0. The lowest BCUT2D eigenvalue weighted by Crippen LogP contribution is -2.38. The second kappa shape index (κ2) is 8.31. The first-order valence-electron chi connectivity index (χ1n) is 10.1. The molecular formula is C22H24N6O. The summed E-state index contributed by atoms with van der Waals surface area (Å²) in [6.45, 7) is 4.47. The molecule has 0 radical (unpaired) electrons. The number of para-hydroxylation sites is 2. The van der Waals surface area contributed by atoms with Crippen molar-refractivity contribution in [1.82, 2.24) is 14.5 Å². The number of aromatic nitrogens is 3. The quantitative estimate of drug-likeness (QED) is 0.722. The first-order valence-corrected chi connectivity index (χ1v) is 10.1. The van der Waals surface area contributed by atoms with Crippen molar-refractivity contribution in [3.8, 4) is 6.07 Å². The molecule has 4 rings (SSSR count). The summed E-state index contributed by atoms with van der Waals surface area (Å²) >= 11 is 0. The smallest absolute Gasteiger partial charge is 0.229 e. The number of fused-ring (bicyclic) bond motifs is 1. The summed E-state index contributed by atoms with van der Waals surface area (Å²) < 4.78 is 2.09. The van der Waals surface area contributed by atoms with Gasteiger partial charge >= 0.3 is 0 Å². The highest BCUT2D eigenvalue weighted by Gasteiger charge is 2.26. The zero-order chi connectivity index (χ0) is 20.2. The van der Waals surface area contributed by atoms with Crippen LogP contribution < -0.4 is 10.2 Å². The van der Waals surface area contributed by atoms with Crippen molar-refractivity contribution in [3.05, 3.63) is 48.2 Å². The summed E-state index contributed by atoms with van der Waals surface area (Å²) in [6, 6.07) is 13.7. The molecule has 7 heteroatoms. The van der Waals surface area contributed by atoms with Crippen LogP contribution in [-0.2, 0) is 11.3 Å². The monoisotopic (exact) mass is 388 g/mol. The molecule has 1 N–H and O–H groups in total. The van der Waals surface area contributed by atoms with Crippen LogP contribution in [-0.4, -0.2) is 33.5 Å². The SMILES string of the molecule is CCCn1c(NC(=O)C2CCN(c3ccc(C#N)cn3)CC2)nc2ccccc21. The molecule has 0 bridgehead atoms. The van der Waals surface area contributed by atoms with Crippen LogP contribution in [0.4, 0.5) is 11.8 Å². The molecule has 0 spiro atoms. The molecule has 1 saturated heterocycles. The first-order chi connectivity index (χ1) is 14.2. The zero-order valence-electron chi connectivity index (χ0n) is 16.5. The van der Waals surface area contributed by atoms with E-state index < -0.39 is 0 Å². The van der Waals surface area contributed by atoms with Gasteiger partial charge in [-0.05, 0) is 43.5 Å². The van der Waals surface area contributed by atoms with Gasteiger partial charge in [0.05, 0.1) is 16.6 Å². The number of benzene rings is 1. The lowest BCUT2D eigenvalue weighted by atomic mass is 9.96. The summed E-state index contributed by atoms with van der Waals surface area (Å²) in [6.07, 6.45) is 4.09. The van der Waals surface area contributed by atoms with Crippen molar-refractivity contribution in [2.45, 2.75) is 32.7 Å². The highest BCUT2D eigenvalue weighted by Crippen LogP contribution is 2.25. The Morgan fingerprint density at radius 2 is 2.03 bits per heavy atom. The molecule has 0 unspecified atom stereocenters. The predicted octanol–water partition coefficient (Wildman–Crippen LogP) is 3.57. The summed E-state index contributed by atoms with van der Waals surface area (Å²) in [5.41, 5.74) is 2.50. The van der Waals surface area contributed by atoms with E-state index >= 15 is 0 Å². The molecule has 0 saturated carbocycles. The Balaban J connectivity index is 1.42. The number of piperidine rings is 1. The van der Waals surface area contributed by atoms with Gasteiger partial charge in [0.15, 0.2) is 0 Å². The Hall–Kier alpha value is -3.40. The number of carbonyl (C=O) groups is 1. The van der Waals surface area contributed by atoms with E-state index in [0.29, 0.717) is 11.5 Å². The van der Waals surface area contributed by atoms with E-state index in [1.54, 1.807) is 12.3 Å². The van der Waals surface area contributed by atoms with Crippen LogP contribution in [0.2, 0.25) is 0 Å². The molecule has 1 aliphatic heterocycles. The highest BCUT2D eigenvalue weighted by atomic mass is 16.2. The Kier molecular flexibility index (Phi) is 5.43. The Bertz CT molecular complexity index is 1040. The molecule has 3 heterocycles. The molecule has 7 nitrogen and oxygen atoms in total. The number of nitriles is 1. The number of anilines is 2. The molecule has 0 aliphatic carbocycles. The second-order valence-corrected chi connectivity index (χ2v) is 7.34. The van der Waals surface area contributed by atoms with Crippen LogP contribution in [0, 0.1) is 17.2 Å². The standard InChI is InChI=1S/C22H24N6O/c1-2-11-28-19-6-4-3-5-18(19)25-22(28)26-21(29)17-9-12-27(13-10-17)20-8-7-16(14-23)15-24-20/h3-8,15,17H,2,9-13H2,1H3,(H,25,26,29). The third-order valence-corrected chi connectivity index (χ3v) is 5.40. The molecule has 1 aliphatic rings. The maximum atomic E-state index is 12.9. The molecule has 29 heavy (non-hydrogen) atoms. The topological polar surface area (TPSA) is 86.8 Å². The number of hydrogen-bond acceptors (Lipinski definition) is 5.